The molecule has 2 aliphatic rings. The Hall–Kier alpha value is -1.08. The summed E-state index contributed by atoms with van der Waals surface area (Å²) in [5, 5.41) is 0.0467. The topological polar surface area (TPSA) is 65.1 Å². The van der Waals surface area contributed by atoms with Crippen molar-refractivity contribution >= 4 is 20.4 Å². The molecule has 2 fully saturated rings. The third kappa shape index (κ3) is 7.45. The largest absolute Gasteiger partial charge is 0.461 e. The SMILES string of the molecule is CC(C)[C@@H]1CC[C@@H](C)C[C@H]1OC(=O)[C@@H]1C[C@@H](O[Si](C)(C)C(C)(C)C)CN1C(=O)OC(C)(C)C. The average molecular weight is 484 g/mol. The Kier molecular flexibility index (Phi) is 8.76. The van der Waals surface area contributed by atoms with E-state index in [1.807, 2.05) is 20.8 Å². The van der Waals surface area contributed by atoms with Gasteiger partial charge in [-0.25, -0.2) is 9.59 Å². The van der Waals surface area contributed by atoms with Crippen molar-refractivity contribution in [1.29, 1.82) is 0 Å². The van der Waals surface area contributed by atoms with Gasteiger partial charge in [0.1, 0.15) is 17.7 Å². The number of rotatable bonds is 5. The van der Waals surface area contributed by atoms with Gasteiger partial charge in [0.15, 0.2) is 8.32 Å². The third-order valence-electron chi connectivity index (χ3n) is 7.66. The summed E-state index contributed by atoms with van der Waals surface area (Å²) in [6.07, 6.45) is 2.84. The standard InChI is InChI=1S/C26H49NO5Si/c1-17(2)20-13-12-18(3)14-22(20)30-23(28)21-15-19(32-33(10,11)26(7,8)9)16-27(21)24(29)31-25(4,5)6/h17-22H,12-16H2,1-11H3/t18-,19-,20+,21+,22-/m1/s1. The maximum absolute atomic E-state index is 13.5. The van der Waals surface area contributed by atoms with E-state index in [0.717, 1.165) is 12.8 Å². The maximum atomic E-state index is 13.5. The van der Waals surface area contributed by atoms with Gasteiger partial charge in [0.2, 0.25) is 0 Å². The lowest BCUT2D eigenvalue weighted by Crippen LogP contribution is -2.46. The van der Waals surface area contributed by atoms with Crippen LogP contribution in [0.4, 0.5) is 4.79 Å². The number of likely N-dealkylation sites (tertiary alicyclic amines) is 1. The lowest BCUT2D eigenvalue weighted by Gasteiger charge is -2.38. The van der Waals surface area contributed by atoms with Crippen LogP contribution in [-0.4, -0.2) is 55.7 Å². The lowest BCUT2D eigenvalue weighted by molar-refractivity contribution is -0.161. The van der Waals surface area contributed by atoms with Crippen LogP contribution in [-0.2, 0) is 18.7 Å². The molecule has 33 heavy (non-hydrogen) atoms. The molecule has 0 unspecified atom stereocenters. The highest BCUT2D eigenvalue weighted by molar-refractivity contribution is 6.74. The molecule has 0 aromatic heterocycles. The summed E-state index contributed by atoms with van der Waals surface area (Å²) in [5.41, 5.74) is -0.633. The minimum absolute atomic E-state index is 0.0467. The number of hydrogen-bond donors (Lipinski definition) is 0. The van der Waals surface area contributed by atoms with E-state index < -0.39 is 26.1 Å². The smallest absolute Gasteiger partial charge is 0.411 e. The van der Waals surface area contributed by atoms with Crippen LogP contribution in [0.1, 0.15) is 88.0 Å². The third-order valence-corrected chi connectivity index (χ3v) is 12.2. The maximum Gasteiger partial charge on any atom is 0.411 e. The second-order valence-corrected chi connectivity index (χ2v) is 17.9. The van der Waals surface area contributed by atoms with Gasteiger partial charge in [-0.3, -0.25) is 4.90 Å². The van der Waals surface area contributed by atoms with Gasteiger partial charge in [0, 0.05) is 13.0 Å². The molecule has 1 amide bonds. The molecule has 1 heterocycles. The van der Waals surface area contributed by atoms with Crippen LogP contribution >= 0.6 is 0 Å². The molecule has 0 spiro atoms. The van der Waals surface area contributed by atoms with E-state index >= 15 is 0 Å². The molecule has 0 bridgehead atoms. The molecule has 2 rings (SSSR count). The first kappa shape index (κ1) is 28.2. The van der Waals surface area contributed by atoms with Crippen LogP contribution in [0.15, 0.2) is 0 Å². The Labute approximate surface area is 203 Å². The Morgan fingerprint density at radius 1 is 1.00 bits per heavy atom. The average Bonchev–Trinajstić information content (AvgIpc) is 3.02. The minimum atomic E-state index is -2.05. The summed E-state index contributed by atoms with van der Waals surface area (Å²) < 4.78 is 18.4. The first-order valence-corrected chi connectivity index (χ1v) is 15.7. The number of ether oxygens (including phenoxy) is 2. The Morgan fingerprint density at radius 3 is 2.12 bits per heavy atom. The van der Waals surface area contributed by atoms with Crippen LogP contribution in [0.2, 0.25) is 18.1 Å². The molecule has 5 atom stereocenters. The fraction of sp³-hybridized carbons (Fsp3) is 0.923. The van der Waals surface area contributed by atoms with Crippen molar-refractivity contribution in [3.63, 3.8) is 0 Å². The highest BCUT2D eigenvalue weighted by Gasteiger charge is 2.48. The van der Waals surface area contributed by atoms with Gasteiger partial charge in [0.05, 0.1) is 6.10 Å². The van der Waals surface area contributed by atoms with E-state index in [4.69, 9.17) is 13.9 Å². The number of carbonyl (C=O) groups excluding carboxylic acids is 2. The molecule has 6 nitrogen and oxygen atoms in total. The highest BCUT2D eigenvalue weighted by atomic mass is 28.4. The number of carbonyl (C=O) groups is 2. The van der Waals surface area contributed by atoms with Crippen LogP contribution in [0.25, 0.3) is 0 Å². The molecule has 1 aliphatic carbocycles. The molecular weight excluding hydrogens is 434 g/mol. The van der Waals surface area contributed by atoms with Gasteiger partial charge in [-0.2, -0.15) is 0 Å². The first-order valence-electron chi connectivity index (χ1n) is 12.8. The summed E-state index contributed by atoms with van der Waals surface area (Å²) >= 11 is 0. The van der Waals surface area contributed by atoms with Crippen molar-refractivity contribution in [2.45, 2.75) is 130 Å². The zero-order chi connectivity index (χ0) is 25.4. The van der Waals surface area contributed by atoms with Crippen LogP contribution in [0.3, 0.4) is 0 Å². The van der Waals surface area contributed by atoms with Gasteiger partial charge in [-0.1, -0.05) is 48.0 Å². The monoisotopic (exact) mass is 483 g/mol. The van der Waals surface area contributed by atoms with E-state index in [9.17, 15) is 9.59 Å². The predicted molar refractivity (Wildman–Crippen MR) is 135 cm³/mol. The number of nitrogens with zero attached hydrogens (tertiary/aromatic N) is 1. The van der Waals surface area contributed by atoms with E-state index in [0.29, 0.717) is 30.7 Å². The summed E-state index contributed by atoms with van der Waals surface area (Å²) in [4.78, 5) is 28.1. The van der Waals surface area contributed by atoms with Gasteiger partial charge in [-0.05, 0) is 69.5 Å². The van der Waals surface area contributed by atoms with E-state index in [1.54, 1.807) is 4.90 Å². The zero-order valence-corrected chi connectivity index (χ0v) is 24.0. The van der Waals surface area contributed by atoms with Crippen LogP contribution < -0.4 is 0 Å². The molecule has 1 aliphatic heterocycles. The fourth-order valence-electron chi connectivity index (χ4n) is 4.70. The lowest BCUT2D eigenvalue weighted by atomic mass is 9.75. The number of hydrogen-bond acceptors (Lipinski definition) is 5. The zero-order valence-electron chi connectivity index (χ0n) is 23.0. The molecule has 0 radical (unpaired) electrons. The molecule has 0 aromatic rings. The second kappa shape index (κ2) is 10.3. The van der Waals surface area contributed by atoms with Crippen molar-refractivity contribution in [2.24, 2.45) is 17.8 Å². The molecule has 1 saturated carbocycles. The summed E-state index contributed by atoms with van der Waals surface area (Å²) in [7, 11) is -2.05. The van der Waals surface area contributed by atoms with Crippen molar-refractivity contribution in [3.8, 4) is 0 Å². The van der Waals surface area contributed by atoms with Crippen molar-refractivity contribution in [1.82, 2.24) is 4.90 Å². The number of amides is 1. The number of esters is 1. The molecule has 0 N–H and O–H groups in total. The summed E-state index contributed by atoms with van der Waals surface area (Å²) in [6, 6.07) is -0.667. The van der Waals surface area contributed by atoms with Gasteiger partial charge in [-0.15, -0.1) is 0 Å². The molecule has 0 aromatic carbocycles. The van der Waals surface area contributed by atoms with E-state index in [1.165, 1.54) is 6.42 Å². The predicted octanol–water partition coefficient (Wildman–Crippen LogP) is 6.39. The minimum Gasteiger partial charge on any atom is -0.461 e. The van der Waals surface area contributed by atoms with Gasteiger partial charge >= 0.3 is 12.1 Å². The normalized spacial score (nSPS) is 29.3. The van der Waals surface area contributed by atoms with Crippen LogP contribution in [0.5, 0.6) is 0 Å². The van der Waals surface area contributed by atoms with Crippen molar-refractivity contribution < 1.29 is 23.5 Å². The molecule has 1 saturated heterocycles. The first-order chi connectivity index (χ1) is 14.9. The van der Waals surface area contributed by atoms with E-state index in [-0.39, 0.29) is 23.2 Å². The molecule has 192 valence electrons. The summed E-state index contributed by atoms with van der Waals surface area (Å²) in [5.74, 6) is 1.04. The Balaban J connectivity index is 2.21. The van der Waals surface area contributed by atoms with Crippen molar-refractivity contribution in [2.75, 3.05) is 6.54 Å². The Morgan fingerprint density at radius 2 is 1.61 bits per heavy atom. The second-order valence-electron chi connectivity index (χ2n) is 13.2. The Bertz CT molecular complexity index is 694. The fourth-order valence-corrected chi connectivity index (χ4v) is 6.06. The summed E-state index contributed by atoms with van der Waals surface area (Å²) in [6.45, 7) is 23.5. The van der Waals surface area contributed by atoms with E-state index in [2.05, 4.69) is 54.6 Å². The quantitative estimate of drug-likeness (QED) is 0.335. The van der Waals surface area contributed by atoms with Crippen molar-refractivity contribution in [3.05, 3.63) is 0 Å². The highest BCUT2D eigenvalue weighted by Crippen LogP contribution is 2.40. The van der Waals surface area contributed by atoms with Gasteiger partial charge < -0.3 is 13.9 Å². The molecular formula is C26H49NO5Si. The van der Waals surface area contributed by atoms with Crippen LogP contribution in [0, 0.1) is 17.8 Å². The van der Waals surface area contributed by atoms with Gasteiger partial charge in [0.25, 0.3) is 0 Å². The molecule has 7 heteroatoms.